The maximum Gasteiger partial charge on any atom is 0.261 e. The van der Waals surface area contributed by atoms with Crippen molar-refractivity contribution >= 4 is 49.0 Å². The summed E-state index contributed by atoms with van der Waals surface area (Å²) in [5.41, 5.74) is 1.37. The van der Waals surface area contributed by atoms with Crippen LogP contribution >= 0.6 is 15.9 Å². The largest absolute Gasteiger partial charge is 0.322 e. The van der Waals surface area contributed by atoms with Gasteiger partial charge in [-0.05, 0) is 61.5 Å². The van der Waals surface area contributed by atoms with Crippen LogP contribution in [-0.2, 0) is 10.0 Å². The molecule has 0 fully saturated rings. The number of rotatable bonds is 6. The third-order valence-electron chi connectivity index (χ3n) is 3.93. The third kappa shape index (κ3) is 5.27. The van der Waals surface area contributed by atoms with Gasteiger partial charge in [-0.1, -0.05) is 15.9 Å². The average molecular weight is 474 g/mol. The Morgan fingerprint density at radius 2 is 1.55 bits per heavy atom. The molecule has 7 nitrogen and oxygen atoms in total. The molecule has 0 saturated carbocycles. The number of benzene rings is 2. The van der Waals surface area contributed by atoms with Gasteiger partial charge in [0.05, 0.1) is 22.3 Å². The lowest BCUT2D eigenvalue weighted by molar-refractivity contribution is 0.101. The van der Waals surface area contributed by atoms with Gasteiger partial charge in [-0.25, -0.2) is 8.42 Å². The number of anilines is 2. The Labute approximate surface area is 176 Å². The minimum atomic E-state index is -3.82. The summed E-state index contributed by atoms with van der Waals surface area (Å²) >= 11 is 3.26. The molecule has 1 amide bonds. The predicted octanol–water partition coefficient (Wildman–Crippen LogP) is 4.10. The van der Waals surface area contributed by atoms with E-state index in [1.54, 1.807) is 36.4 Å². The van der Waals surface area contributed by atoms with E-state index in [9.17, 15) is 18.0 Å². The van der Waals surface area contributed by atoms with Crippen LogP contribution < -0.4 is 10.0 Å². The highest BCUT2D eigenvalue weighted by molar-refractivity contribution is 9.10. The summed E-state index contributed by atoms with van der Waals surface area (Å²) in [6.07, 6.45) is 2.64. The molecule has 0 aliphatic rings. The van der Waals surface area contributed by atoms with Crippen LogP contribution in [0.25, 0.3) is 0 Å². The van der Waals surface area contributed by atoms with Gasteiger partial charge in [0, 0.05) is 21.9 Å². The molecule has 0 unspecified atom stereocenters. The van der Waals surface area contributed by atoms with Gasteiger partial charge in [-0.3, -0.25) is 19.3 Å². The van der Waals surface area contributed by atoms with E-state index in [0.717, 1.165) is 4.47 Å². The topological polar surface area (TPSA) is 105 Å². The first-order chi connectivity index (χ1) is 13.7. The van der Waals surface area contributed by atoms with Crippen molar-refractivity contribution in [3.8, 4) is 0 Å². The maximum absolute atomic E-state index is 12.5. The molecule has 1 heterocycles. The van der Waals surface area contributed by atoms with Gasteiger partial charge in [-0.15, -0.1) is 0 Å². The first-order valence-corrected chi connectivity index (χ1v) is 10.7. The van der Waals surface area contributed by atoms with E-state index >= 15 is 0 Å². The Morgan fingerprint density at radius 1 is 0.897 bits per heavy atom. The number of carbonyl (C=O) groups is 2. The molecule has 2 N–H and O–H groups in total. The number of hydrogen-bond donors (Lipinski definition) is 2. The van der Waals surface area contributed by atoms with E-state index in [1.165, 1.54) is 37.5 Å². The van der Waals surface area contributed by atoms with Gasteiger partial charge in [0.2, 0.25) is 0 Å². The summed E-state index contributed by atoms with van der Waals surface area (Å²) in [7, 11) is -3.82. The zero-order chi connectivity index (χ0) is 21.0. The summed E-state index contributed by atoms with van der Waals surface area (Å²) < 4.78 is 28.1. The van der Waals surface area contributed by atoms with Gasteiger partial charge in [0.1, 0.15) is 0 Å². The lowest BCUT2D eigenvalue weighted by atomic mass is 10.1. The highest BCUT2D eigenvalue weighted by Crippen LogP contribution is 2.19. The van der Waals surface area contributed by atoms with Crippen LogP contribution in [0.1, 0.15) is 27.6 Å². The fourth-order valence-electron chi connectivity index (χ4n) is 2.44. The van der Waals surface area contributed by atoms with Crippen molar-refractivity contribution in [1.82, 2.24) is 4.98 Å². The summed E-state index contributed by atoms with van der Waals surface area (Å²) in [5.74, 6) is -0.532. The molecule has 3 aromatic rings. The van der Waals surface area contributed by atoms with Crippen molar-refractivity contribution in [3.63, 3.8) is 0 Å². The van der Waals surface area contributed by atoms with Gasteiger partial charge >= 0.3 is 0 Å². The molecular formula is C20H16BrN3O4S. The molecule has 0 spiro atoms. The van der Waals surface area contributed by atoms with Crippen LogP contribution in [0.4, 0.5) is 11.4 Å². The first-order valence-electron chi connectivity index (χ1n) is 8.40. The van der Waals surface area contributed by atoms with Crippen LogP contribution in [0.3, 0.4) is 0 Å². The summed E-state index contributed by atoms with van der Waals surface area (Å²) in [6.45, 7) is 1.46. The van der Waals surface area contributed by atoms with Crippen LogP contribution in [0, 0.1) is 0 Å². The van der Waals surface area contributed by atoms with E-state index in [-0.39, 0.29) is 21.9 Å². The number of ketones is 1. The Hall–Kier alpha value is -3.04. The molecule has 0 radical (unpaired) electrons. The van der Waals surface area contributed by atoms with Crippen LogP contribution in [0.15, 0.2) is 76.4 Å². The molecule has 2 aromatic carbocycles. The number of nitrogens with one attached hydrogen (secondary N) is 2. The molecule has 3 rings (SSSR count). The normalized spacial score (nSPS) is 11.0. The quantitative estimate of drug-likeness (QED) is 0.524. The standard InChI is InChI=1S/C20H16BrN3O4S/c1-13(25)14-2-6-17(7-3-14)23-20(26)15-10-18(12-22-11-15)24-29(27,28)19-8-4-16(21)5-9-19/h2-12,24H,1H3,(H,23,26). The number of aromatic nitrogens is 1. The molecule has 0 aliphatic heterocycles. The van der Waals surface area contributed by atoms with E-state index in [0.29, 0.717) is 11.3 Å². The van der Waals surface area contributed by atoms with Crippen LogP contribution in [-0.4, -0.2) is 25.1 Å². The Bertz CT molecular complexity index is 1160. The summed E-state index contributed by atoms with van der Waals surface area (Å²) in [4.78, 5) is 27.8. The van der Waals surface area contributed by atoms with E-state index in [4.69, 9.17) is 0 Å². The number of halogens is 1. The first kappa shape index (κ1) is 20.7. The molecule has 9 heteroatoms. The highest BCUT2D eigenvalue weighted by atomic mass is 79.9. The van der Waals surface area contributed by atoms with Gasteiger partial charge in [0.25, 0.3) is 15.9 Å². The lowest BCUT2D eigenvalue weighted by Crippen LogP contribution is -2.15. The van der Waals surface area contributed by atoms with Crippen molar-refractivity contribution in [2.45, 2.75) is 11.8 Å². The molecule has 148 valence electrons. The Balaban J connectivity index is 1.75. The van der Waals surface area contributed by atoms with Crippen molar-refractivity contribution in [2.75, 3.05) is 10.0 Å². The minimum absolute atomic E-state index is 0.0714. The molecular weight excluding hydrogens is 458 g/mol. The number of sulfonamides is 1. The van der Waals surface area contributed by atoms with Gasteiger partial charge in [-0.2, -0.15) is 0 Å². The van der Waals surface area contributed by atoms with Crippen molar-refractivity contribution in [2.24, 2.45) is 0 Å². The zero-order valence-electron chi connectivity index (χ0n) is 15.2. The van der Waals surface area contributed by atoms with Crippen LogP contribution in [0.5, 0.6) is 0 Å². The number of amides is 1. The molecule has 1 aromatic heterocycles. The van der Waals surface area contributed by atoms with E-state index in [1.807, 2.05) is 0 Å². The second-order valence-corrected chi connectivity index (χ2v) is 8.71. The van der Waals surface area contributed by atoms with E-state index < -0.39 is 15.9 Å². The number of carbonyl (C=O) groups excluding carboxylic acids is 2. The van der Waals surface area contributed by atoms with Gasteiger partial charge in [0.15, 0.2) is 5.78 Å². The Kier molecular flexibility index (Phi) is 6.09. The molecule has 29 heavy (non-hydrogen) atoms. The third-order valence-corrected chi connectivity index (χ3v) is 5.85. The number of pyridine rings is 1. The average Bonchev–Trinajstić information content (AvgIpc) is 2.68. The van der Waals surface area contributed by atoms with Gasteiger partial charge < -0.3 is 5.32 Å². The smallest absolute Gasteiger partial charge is 0.261 e. The van der Waals surface area contributed by atoms with Crippen molar-refractivity contribution in [3.05, 3.63) is 82.6 Å². The minimum Gasteiger partial charge on any atom is -0.322 e. The SMILES string of the molecule is CC(=O)c1ccc(NC(=O)c2cncc(NS(=O)(=O)c3ccc(Br)cc3)c2)cc1. The lowest BCUT2D eigenvalue weighted by Gasteiger charge is -2.10. The zero-order valence-corrected chi connectivity index (χ0v) is 17.6. The number of nitrogens with zero attached hydrogens (tertiary/aromatic N) is 1. The number of Topliss-reactive ketones (excluding diaryl/α,β-unsaturated/α-hetero) is 1. The molecule has 0 atom stereocenters. The van der Waals surface area contributed by atoms with Crippen LogP contribution in [0.2, 0.25) is 0 Å². The molecule has 0 aliphatic carbocycles. The summed E-state index contributed by atoms with van der Waals surface area (Å²) in [6, 6.07) is 14.0. The molecule has 0 bridgehead atoms. The van der Waals surface area contributed by atoms with Crippen molar-refractivity contribution < 1.29 is 18.0 Å². The van der Waals surface area contributed by atoms with Crippen molar-refractivity contribution in [1.29, 1.82) is 0 Å². The highest BCUT2D eigenvalue weighted by Gasteiger charge is 2.15. The monoisotopic (exact) mass is 473 g/mol. The fourth-order valence-corrected chi connectivity index (χ4v) is 3.74. The Morgan fingerprint density at radius 3 is 2.17 bits per heavy atom. The molecule has 0 saturated heterocycles. The fraction of sp³-hybridized carbons (Fsp3) is 0.0500. The second kappa shape index (κ2) is 8.54. The maximum atomic E-state index is 12.5. The predicted molar refractivity (Wildman–Crippen MR) is 114 cm³/mol. The van der Waals surface area contributed by atoms with E-state index in [2.05, 4.69) is 31.0 Å². The second-order valence-electron chi connectivity index (χ2n) is 6.11. The summed E-state index contributed by atoms with van der Waals surface area (Å²) in [5, 5.41) is 2.68. The number of hydrogen-bond acceptors (Lipinski definition) is 5.